The van der Waals surface area contributed by atoms with Gasteiger partial charge in [0.05, 0.1) is 5.76 Å². The average Bonchev–Trinajstić information content (AvgIpc) is 3.39. The molecule has 2 aromatic carbocycles. The van der Waals surface area contributed by atoms with Crippen LogP contribution in [0.15, 0.2) is 48.4 Å². The molecule has 1 N–H and O–H groups in total. The molecule has 57 heavy (non-hydrogen) atoms. The number of aromatic nitrogens is 1. The summed E-state index contributed by atoms with van der Waals surface area (Å²) >= 11 is 2.08. The molecule has 4 aromatic rings. The first-order valence-electron chi connectivity index (χ1n) is 21.8. The van der Waals surface area contributed by atoms with Crippen molar-refractivity contribution in [3.8, 4) is 11.3 Å². The van der Waals surface area contributed by atoms with Gasteiger partial charge in [-0.25, -0.2) is 0 Å². The number of carbonyl (C=O) groups excluding carboxylic acids is 1. The van der Waals surface area contributed by atoms with Gasteiger partial charge in [-0.2, -0.15) is 11.3 Å². The molecule has 3 nitrogen and oxygen atoms in total. The topological polar surface area (TPSA) is 50.2 Å². The molecule has 4 rings (SSSR count). The maximum atomic E-state index is 12.3. The van der Waals surface area contributed by atoms with Crippen molar-refractivity contribution in [2.24, 2.45) is 53.3 Å². The Morgan fingerprint density at radius 2 is 1.25 bits per heavy atom. The molecule has 2 heterocycles. The van der Waals surface area contributed by atoms with Crippen molar-refractivity contribution in [3.63, 3.8) is 0 Å². The fourth-order valence-electron chi connectivity index (χ4n) is 9.97. The molecule has 1 radical (unpaired) electrons. The summed E-state index contributed by atoms with van der Waals surface area (Å²) in [7, 11) is -1.71. The minimum atomic E-state index is -1.71. The molecule has 0 fully saturated rings. The molecule has 0 aliphatic heterocycles. The van der Waals surface area contributed by atoms with Crippen molar-refractivity contribution < 1.29 is 30.0 Å². The third kappa shape index (κ3) is 12.9. The second-order valence-electron chi connectivity index (χ2n) is 20.0. The van der Waals surface area contributed by atoms with Crippen LogP contribution in [0.3, 0.4) is 0 Å². The minimum absolute atomic E-state index is 0. The van der Waals surface area contributed by atoms with E-state index in [0.29, 0.717) is 29.6 Å². The van der Waals surface area contributed by atoms with E-state index in [1.54, 1.807) is 4.50 Å². The van der Waals surface area contributed by atoms with Crippen LogP contribution in [-0.4, -0.2) is 23.9 Å². The Morgan fingerprint density at radius 1 is 0.737 bits per heavy atom. The van der Waals surface area contributed by atoms with Gasteiger partial charge in [-0.3, -0.25) is 9.78 Å². The average molecular weight is 990 g/mol. The summed E-state index contributed by atoms with van der Waals surface area (Å²) in [6.07, 6.45) is 3.51. The SMILES string of the molecule is CC(C)C(C(=O)/C=C(\O)C(C(C)C)C(C)C)C(C)C.Cc1ccc2c(C(C)C)cc(-c3nccc4c(C)c([Si](CC(C)C)(CC(C)C)CC(C)C)sc34)[c-]c2c1.[Ir]. The largest absolute Gasteiger partial charge is 0.512 e. The van der Waals surface area contributed by atoms with Gasteiger partial charge in [-0.15, -0.1) is 29.1 Å². The van der Waals surface area contributed by atoms with E-state index in [2.05, 4.69) is 172 Å². The van der Waals surface area contributed by atoms with Crippen LogP contribution in [0.4, 0.5) is 0 Å². The minimum Gasteiger partial charge on any atom is -0.512 e. The molecule has 319 valence electrons. The van der Waals surface area contributed by atoms with Crippen molar-refractivity contribution >= 4 is 50.6 Å². The first-order chi connectivity index (χ1) is 26.0. The molecule has 0 saturated heterocycles. The molecule has 2 aromatic heterocycles. The van der Waals surface area contributed by atoms with Crippen molar-refractivity contribution in [2.45, 2.75) is 149 Å². The van der Waals surface area contributed by atoms with E-state index in [0.717, 1.165) is 29.0 Å². The van der Waals surface area contributed by atoms with E-state index in [1.165, 1.54) is 61.8 Å². The summed E-state index contributed by atoms with van der Waals surface area (Å²) in [6, 6.07) is 19.3. The van der Waals surface area contributed by atoms with Crippen LogP contribution in [0.2, 0.25) is 18.1 Å². The molecule has 0 spiro atoms. The molecule has 0 saturated carbocycles. The number of carbonyl (C=O) groups is 1. The monoisotopic (exact) mass is 990 g/mol. The second kappa shape index (κ2) is 21.9. The number of aliphatic hydroxyl groups excluding tert-OH is 1. The Balaban J connectivity index is 0.000000478. The molecule has 6 heteroatoms. The molecule has 0 bridgehead atoms. The molecule has 0 amide bonds. The summed E-state index contributed by atoms with van der Waals surface area (Å²) in [5.41, 5.74) is 6.45. The number of thiophene rings is 1. The standard InChI is InChI=1S/C34H46NSSi.C17H32O2.Ir/c1-21(2)18-37(19-22(3)4,20-23(5)6)34-26(10)29-13-14-35-32(33(29)36-34)28-16-27-15-25(9)11-12-30(27)31(17-28)24(7)8;1-10(2)16(11(3)4)14(18)9-15(19)17(12(5)6)13(7)8;/h11-15,17,21-24H,18-20H2,1-10H3;9-13,16-18H,1-8H3;/q-1;;/b;14-9-;. The van der Waals surface area contributed by atoms with Crippen LogP contribution in [0, 0.1) is 73.2 Å². The number of hydrogen-bond acceptors (Lipinski definition) is 4. The van der Waals surface area contributed by atoms with Crippen molar-refractivity contribution in [1.29, 1.82) is 0 Å². The molecule has 0 aliphatic carbocycles. The van der Waals surface area contributed by atoms with Crippen molar-refractivity contribution in [2.75, 3.05) is 0 Å². The fraction of sp³-hybridized carbons (Fsp3) is 0.608. The van der Waals surface area contributed by atoms with Gasteiger partial charge in [0.15, 0.2) is 5.78 Å². The number of aliphatic hydroxyl groups is 1. The molecule has 0 atom stereocenters. The molecule has 0 unspecified atom stereocenters. The van der Waals surface area contributed by atoms with Gasteiger partial charge in [0.25, 0.3) is 0 Å². The number of ketones is 1. The molecular formula is C51H78IrNO2SSi-. The van der Waals surface area contributed by atoms with Gasteiger partial charge in [-0.1, -0.05) is 158 Å². The number of allylic oxidation sites excluding steroid dienone is 2. The van der Waals surface area contributed by atoms with Crippen LogP contribution < -0.4 is 4.50 Å². The predicted molar refractivity (Wildman–Crippen MR) is 251 cm³/mol. The number of pyridine rings is 1. The van der Waals surface area contributed by atoms with Gasteiger partial charge in [-0.05, 0) is 82.7 Å². The van der Waals surface area contributed by atoms with Crippen LogP contribution in [-0.2, 0) is 24.9 Å². The Labute approximate surface area is 367 Å². The summed E-state index contributed by atoms with van der Waals surface area (Å²) in [6.45, 7) is 40.3. The van der Waals surface area contributed by atoms with Crippen molar-refractivity contribution in [3.05, 3.63) is 71.1 Å². The molecular weight excluding hydrogens is 911 g/mol. The summed E-state index contributed by atoms with van der Waals surface area (Å²) < 4.78 is 3.09. The number of fused-ring (bicyclic) bond motifs is 2. The van der Waals surface area contributed by atoms with E-state index in [9.17, 15) is 9.90 Å². The Kier molecular flexibility index (Phi) is 19.6. The van der Waals surface area contributed by atoms with Gasteiger partial charge >= 0.3 is 0 Å². The Bertz CT molecular complexity index is 1890. The van der Waals surface area contributed by atoms with Gasteiger partial charge < -0.3 is 5.11 Å². The smallest absolute Gasteiger partial charge is 0.162 e. The van der Waals surface area contributed by atoms with E-state index < -0.39 is 8.07 Å². The number of nitrogens with zero attached hydrogens (tertiary/aromatic N) is 1. The predicted octanol–water partition coefficient (Wildman–Crippen LogP) is 15.1. The zero-order chi connectivity index (χ0) is 42.4. The quantitative estimate of drug-likeness (QED) is 0.0527. The zero-order valence-corrected chi connectivity index (χ0v) is 43.2. The molecule has 0 aliphatic rings. The van der Waals surface area contributed by atoms with Crippen LogP contribution in [0.25, 0.3) is 32.1 Å². The maximum absolute atomic E-state index is 12.3. The van der Waals surface area contributed by atoms with Gasteiger partial charge in [0, 0.05) is 54.6 Å². The third-order valence-corrected chi connectivity index (χ3v) is 20.4. The fourth-order valence-corrected chi connectivity index (χ4v) is 19.6. The van der Waals surface area contributed by atoms with Crippen LogP contribution in [0.1, 0.15) is 133 Å². The van der Waals surface area contributed by atoms with Gasteiger partial charge in [0.1, 0.15) is 8.07 Å². The summed E-state index contributed by atoms with van der Waals surface area (Å²) in [5.74, 6) is 4.23. The Morgan fingerprint density at radius 3 is 1.70 bits per heavy atom. The first kappa shape index (κ1) is 51.0. The number of rotatable bonds is 16. The van der Waals surface area contributed by atoms with E-state index in [1.807, 2.05) is 6.20 Å². The van der Waals surface area contributed by atoms with Crippen molar-refractivity contribution in [1.82, 2.24) is 4.98 Å². The zero-order valence-electron chi connectivity index (χ0n) is 39.0. The van der Waals surface area contributed by atoms with Crippen LogP contribution in [0.5, 0.6) is 0 Å². The third-order valence-electron chi connectivity index (χ3n) is 11.5. The first-order valence-corrected chi connectivity index (χ1v) is 25.2. The van der Waals surface area contributed by atoms with E-state index in [4.69, 9.17) is 4.98 Å². The maximum Gasteiger partial charge on any atom is 0.162 e. The van der Waals surface area contributed by atoms with Gasteiger partial charge in [0.2, 0.25) is 0 Å². The Hall–Kier alpha value is -2.11. The van der Waals surface area contributed by atoms with E-state index >= 15 is 0 Å². The number of hydrogen-bond donors (Lipinski definition) is 1. The van der Waals surface area contributed by atoms with Crippen LogP contribution >= 0.6 is 11.3 Å². The summed E-state index contributed by atoms with van der Waals surface area (Å²) in [4.78, 5) is 17.4. The summed E-state index contributed by atoms with van der Waals surface area (Å²) in [5, 5.41) is 14.2. The number of aryl methyl sites for hydroxylation is 2. The normalized spacial score (nSPS) is 12.9. The second-order valence-corrected chi connectivity index (χ2v) is 25.7. The van der Waals surface area contributed by atoms with E-state index in [-0.39, 0.29) is 43.5 Å². The number of benzene rings is 2.